The molecular formula is C10H7F3N2O3. The minimum absolute atomic E-state index is 0.000856. The third-order valence-corrected chi connectivity index (χ3v) is 2.28. The van der Waals surface area contributed by atoms with Crippen molar-refractivity contribution in [2.75, 3.05) is 7.11 Å². The zero-order valence-electron chi connectivity index (χ0n) is 9.02. The fraction of sp³-hybridized carbons (Fsp3) is 0.200. The van der Waals surface area contributed by atoms with Gasteiger partial charge < -0.3 is 9.84 Å². The molecule has 0 aromatic carbocycles. The molecule has 0 atom stereocenters. The summed E-state index contributed by atoms with van der Waals surface area (Å²) in [6.45, 7) is 0. The molecule has 0 aliphatic carbocycles. The maximum atomic E-state index is 12.8. The SMILES string of the molecule is COc1cc(C(F)(F)F)n2nc(C(=O)O)cc2c1. The predicted octanol–water partition coefficient (Wildman–Crippen LogP) is 2.06. The molecule has 2 heterocycles. The second kappa shape index (κ2) is 3.90. The number of pyridine rings is 1. The number of alkyl halides is 3. The van der Waals surface area contributed by atoms with Crippen LogP contribution in [0.3, 0.4) is 0 Å². The molecule has 0 saturated heterocycles. The number of ether oxygens (including phenoxy) is 1. The lowest BCUT2D eigenvalue weighted by molar-refractivity contribution is -0.142. The Morgan fingerprint density at radius 3 is 2.56 bits per heavy atom. The van der Waals surface area contributed by atoms with Crippen LogP contribution in [0.25, 0.3) is 5.52 Å². The molecule has 0 spiro atoms. The molecule has 0 fully saturated rings. The number of hydrogen-bond donors (Lipinski definition) is 1. The van der Waals surface area contributed by atoms with Crippen molar-refractivity contribution in [3.8, 4) is 5.75 Å². The van der Waals surface area contributed by atoms with E-state index >= 15 is 0 Å². The van der Waals surface area contributed by atoms with E-state index in [1.165, 1.54) is 13.2 Å². The molecule has 5 nitrogen and oxygen atoms in total. The van der Waals surface area contributed by atoms with Crippen LogP contribution in [-0.2, 0) is 6.18 Å². The Bertz CT molecular complexity index is 619. The topological polar surface area (TPSA) is 63.8 Å². The first kappa shape index (κ1) is 12.2. The van der Waals surface area contributed by atoms with Gasteiger partial charge in [-0.3, -0.25) is 0 Å². The first-order chi connectivity index (χ1) is 8.32. The van der Waals surface area contributed by atoms with E-state index in [1.807, 2.05) is 0 Å². The van der Waals surface area contributed by atoms with E-state index < -0.39 is 23.5 Å². The van der Waals surface area contributed by atoms with Crippen LogP contribution in [0.2, 0.25) is 0 Å². The van der Waals surface area contributed by atoms with Crippen molar-refractivity contribution in [2.24, 2.45) is 0 Å². The summed E-state index contributed by atoms with van der Waals surface area (Å²) in [5.74, 6) is -1.42. The van der Waals surface area contributed by atoms with E-state index in [0.717, 1.165) is 12.1 Å². The van der Waals surface area contributed by atoms with Crippen LogP contribution in [0, 0.1) is 0 Å². The monoisotopic (exact) mass is 260 g/mol. The number of carboxylic acids is 1. The Morgan fingerprint density at radius 2 is 2.06 bits per heavy atom. The number of rotatable bonds is 2. The van der Waals surface area contributed by atoms with Crippen LogP contribution in [0.1, 0.15) is 16.2 Å². The Hall–Kier alpha value is -2.25. The largest absolute Gasteiger partial charge is 0.497 e. The minimum atomic E-state index is -4.66. The molecule has 0 saturated carbocycles. The maximum Gasteiger partial charge on any atom is 0.433 e. The summed E-state index contributed by atoms with van der Waals surface area (Å²) < 4.78 is 43.6. The van der Waals surface area contributed by atoms with Gasteiger partial charge in [0, 0.05) is 12.1 Å². The number of methoxy groups -OCH3 is 1. The van der Waals surface area contributed by atoms with Gasteiger partial charge in [0.05, 0.1) is 12.6 Å². The number of carboxylic acid groups (broad SMARTS) is 1. The van der Waals surface area contributed by atoms with E-state index in [2.05, 4.69) is 5.10 Å². The summed E-state index contributed by atoms with van der Waals surface area (Å²) in [6.07, 6.45) is -4.66. The molecule has 0 amide bonds. The Balaban J connectivity index is 2.77. The average Bonchev–Trinajstić information content (AvgIpc) is 2.69. The zero-order valence-corrected chi connectivity index (χ0v) is 9.02. The lowest BCUT2D eigenvalue weighted by atomic mass is 10.3. The molecule has 96 valence electrons. The molecule has 0 unspecified atom stereocenters. The summed E-state index contributed by atoms with van der Waals surface area (Å²) in [6, 6.07) is 3.07. The van der Waals surface area contributed by atoms with Gasteiger partial charge in [-0.2, -0.15) is 18.3 Å². The number of aromatic nitrogens is 2. The number of hydrogen-bond acceptors (Lipinski definition) is 3. The van der Waals surface area contributed by atoms with Crippen molar-refractivity contribution in [3.05, 3.63) is 29.6 Å². The lowest BCUT2D eigenvalue weighted by Crippen LogP contribution is -2.13. The quantitative estimate of drug-likeness (QED) is 0.897. The van der Waals surface area contributed by atoms with E-state index in [4.69, 9.17) is 9.84 Å². The standard InChI is InChI=1S/C10H7F3N2O3/c1-18-6-2-5-3-7(9(16)17)14-15(5)8(4-6)10(11,12)13/h2-4H,1H3,(H,16,17). The highest BCUT2D eigenvalue weighted by molar-refractivity contribution is 5.87. The molecule has 2 aromatic heterocycles. The van der Waals surface area contributed by atoms with Gasteiger partial charge in [-0.1, -0.05) is 0 Å². The van der Waals surface area contributed by atoms with Crippen LogP contribution in [0.5, 0.6) is 5.75 Å². The first-order valence-corrected chi connectivity index (χ1v) is 4.71. The molecule has 2 rings (SSSR count). The van der Waals surface area contributed by atoms with Crippen LogP contribution in [0.15, 0.2) is 18.2 Å². The molecule has 1 N–H and O–H groups in total. The van der Waals surface area contributed by atoms with Gasteiger partial charge in [0.25, 0.3) is 0 Å². The number of aromatic carboxylic acids is 1. The van der Waals surface area contributed by atoms with Crippen LogP contribution in [0.4, 0.5) is 13.2 Å². The molecule has 8 heteroatoms. The third-order valence-electron chi connectivity index (χ3n) is 2.28. The smallest absolute Gasteiger partial charge is 0.433 e. The highest BCUT2D eigenvalue weighted by Gasteiger charge is 2.35. The second-order valence-electron chi connectivity index (χ2n) is 3.45. The van der Waals surface area contributed by atoms with Crippen molar-refractivity contribution in [1.82, 2.24) is 9.61 Å². The molecule has 2 aromatic rings. The minimum Gasteiger partial charge on any atom is -0.497 e. The fourth-order valence-electron chi connectivity index (χ4n) is 1.50. The van der Waals surface area contributed by atoms with Crippen molar-refractivity contribution in [3.63, 3.8) is 0 Å². The molecule has 0 bridgehead atoms. The van der Waals surface area contributed by atoms with Gasteiger partial charge in [0.1, 0.15) is 11.4 Å². The van der Waals surface area contributed by atoms with Gasteiger partial charge in [-0.15, -0.1) is 0 Å². The third kappa shape index (κ3) is 1.96. The van der Waals surface area contributed by atoms with E-state index in [1.54, 1.807) is 0 Å². The first-order valence-electron chi connectivity index (χ1n) is 4.71. The number of fused-ring (bicyclic) bond motifs is 1. The second-order valence-corrected chi connectivity index (χ2v) is 3.45. The maximum absolute atomic E-state index is 12.8. The van der Waals surface area contributed by atoms with Crippen molar-refractivity contribution < 1.29 is 27.8 Å². The summed E-state index contributed by atoms with van der Waals surface area (Å²) in [5.41, 5.74) is -1.56. The van der Waals surface area contributed by atoms with Gasteiger partial charge in [0.2, 0.25) is 0 Å². The molecule has 0 radical (unpaired) electrons. The Labute approximate surface area is 98.4 Å². The lowest BCUT2D eigenvalue weighted by Gasteiger charge is -2.10. The molecule has 0 aliphatic heterocycles. The van der Waals surface area contributed by atoms with E-state index in [0.29, 0.717) is 4.52 Å². The normalized spacial score (nSPS) is 11.8. The Kier molecular flexibility index (Phi) is 2.64. The van der Waals surface area contributed by atoms with E-state index in [-0.39, 0.29) is 11.3 Å². The fourth-order valence-corrected chi connectivity index (χ4v) is 1.50. The molecular weight excluding hydrogens is 253 g/mol. The summed E-state index contributed by atoms with van der Waals surface area (Å²) >= 11 is 0. The highest BCUT2D eigenvalue weighted by atomic mass is 19.4. The van der Waals surface area contributed by atoms with Gasteiger partial charge in [0.15, 0.2) is 5.69 Å². The zero-order chi connectivity index (χ0) is 13.5. The highest BCUT2D eigenvalue weighted by Crippen LogP contribution is 2.32. The van der Waals surface area contributed by atoms with Crippen LogP contribution >= 0.6 is 0 Å². The number of carbonyl (C=O) groups is 1. The Morgan fingerprint density at radius 1 is 1.39 bits per heavy atom. The van der Waals surface area contributed by atoms with E-state index in [9.17, 15) is 18.0 Å². The summed E-state index contributed by atoms with van der Waals surface area (Å²) in [4.78, 5) is 10.7. The van der Waals surface area contributed by atoms with Gasteiger partial charge >= 0.3 is 12.1 Å². The van der Waals surface area contributed by atoms with Crippen molar-refractivity contribution in [1.29, 1.82) is 0 Å². The van der Waals surface area contributed by atoms with Gasteiger partial charge in [-0.25, -0.2) is 9.31 Å². The van der Waals surface area contributed by atoms with Crippen molar-refractivity contribution in [2.45, 2.75) is 6.18 Å². The molecule has 18 heavy (non-hydrogen) atoms. The summed E-state index contributed by atoms with van der Waals surface area (Å²) in [7, 11) is 1.22. The average molecular weight is 260 g/mol. The number of halogens is 3. The van der Waals surface area contributed by atoms with Crippen LogP contribution < -0.4 is 4.74 Å². The van der Waals surface area contributed by atoms with Crippen LogP contribution in [-0.4, -0.2) is 27.8 Å². The molecule has 0 aliphatic rings. The number of nitrogens with zero attached hydrogens (tertiary/aromatic N) is 2. The van der Waals surface area contributed by atoms with Gasteiger partial charge in [-0.05, 0) is 6.07 Å². The predicted molar refractivity (Wildman–Crippen MR) is 53.7 cm³/mol. The van der Waals surface area contributed by atoms with Crippen molar-refractivity contribution >= 4 is 11.5 Å². The summed E-state index contributed by atoms with van der Waals surface area (Å²) in [5, 5.41) is 12.1.